The van der Waals surface area contributed by atoms with Gasteiger partial charge in [-0.1, -0.05) is 0 Å². The van der Waals surface area contributed by atoms with Gasteiger partial charge in [0.25, 0.3) is 0 Å². The molecule has 0 rings (SSSR count). The summed E-state index contributed by atoms with van der Waals surface area (Å²) in [6.45, 7) is 0.699. The molecule has 0 fully saturated rings. The van der Waals surface area contributed by atoms with E-state index in [2.05, 4.69) is 0 Å². The summed E-state index contributed by atoms with van der Waals surface area (Å²) in [5.41, 5.74) is 0. The molecular formula is C4H9Cl3OSn. The van der Waals surface area contributed by atoms with E-state index in [1.807, 2.05) is 0 Å². The van der Waals surface area contributed by atoms with Crippen molar-refractivity contribution in [2.75, 3.05) is 13.7 Å². The van der Waals surface area contributed by atoms with Crippen molar-refractivity contribution in [1.82, 2.24) is 0 Å². The molecule has 5 heteroatoms. The van der Waals surface area contributed by atoms with Gasteiger partial charge >= 0.3 is 71.1 Å². The van der Waals surface area contributed by atoms with E-state index in [1.54, 1.807) is 7.11 Å². The van der Waals surface area contributed by atoms with E-state index in [4.69, 9.17) is 31.5 Å². The summed E-state index contributed by atoms with van der Waals surface area (Å²) in [5.74, 6) is 0. The Kier molecular flexibility index (Phi) is 6.26. The first-order valence-corrected chi connectivity index (χ1v) is 15.5. The van der Waals surface area contributed by atoms with Crippen molar-refractivity contribution in [2.24, 2.45) is 0 Å². The zero-order valence-corrected chi connectivity index (χ0v) is 10.3. The second-order valence-electron chi connectivity index (χ2n) is 1.71. The molecule has 0 unspecified atom stereocenters. The molecule has 0 aromatic heterocycles. The molecule has 0 aliphatic rings. The van der Waals surface area contributed by atoms with Crippen LogP contribution in [0.5, 0.6) is 0 Å². The predicted octanol–water partition coefficient (Wildman–Crippen LogP) is 2.68. The minimum atomic E-state index is -3.00. The van der Waals surface area contributed by atoms with Gasteiger partial charge in [-0.3, -0.25) is 0 Å². The third kappa shape index (κ3) is 9.63. The number of rotatable bonds is 4. The molecule has 56 valence electrons. The Hall–Kier alpha value is 1.63. The normalized spacial score (nSPS) is 12.0. The molecule has 0 bridgehead atoms. The summed E-state index contributed by atoms with van der Waals surface area (Å²) < 4.78 is 5.55. The number of halogens is 3. The summed E-state index contributed by atoms with van der Waals surface area (Å²) in [6.07, 6.45) is 0.878. The Labute approximate surface area is 70.6 Å². The summed E-state index contributed by atoms with van der Waals surface area (Å²) in [7, 11) is 18.6. The average molecular weight is 298 g/mol. The molecule has 0 aromatic rings. The summed E-state index contributed by atoms with van der Waals surface area (Å²) in [6, 6.07) is 0. The van der Waals surface area contributed by atoms with Crippen molar-refractivity contribution in [2.45, 2.75) is 10.9 Å². The Balaban J connectivity index is 3.07. The van der Waals surface area contributed by atoms with E-state index < -0.39 is 15.0 Å². The first-order valence-electron chi connectivity index (χ1n) is 2.62. The summed E-state index contributed by atoms with van der Waals surface area (Å²) in [5, 5.41) is 0. The Morgan fingerprint density at radius 3 is 2.22 bits per heavy atom. The van der Waals surface area contributed by atoms with Crippen molar-refractivity contribution < 1.29 is 4.74 Å². The fraction of sp³-hybridized carbons (Fsp3) is 1.00. The van der Waals surface area contributed by atoms with Gasteiger partial charge in [0.05, 0.1) is 0 Å². The topological polar surface area (TPSA) is 9.23 Å². The van der Waals surface area contributed by atoms with Gasteiger partial charge in [-0.15, -0.1) is 0 Å². The van der Waals surface area contributed by atoms with Gasteiger partial charge in [-0.2, -0.15) is 0 Å². The number of methoxy groups -OCH3 is 1. The number of ether oxygens (including phenoxy) is 1. The standard InChI is InChI=1S/C4H9O.3ClH.Sn/c1-3-4-5-2;;;;/h1,3-4H2,2H3;3*1H;/q;;;;+3/p-3. The predicted molar refractivity (Wildman–Crippen MR) is 44.6 cm³/mol. The fourth-order valence-corrected chi connectivity index (χ4v) is 4.66. The van der Waals surface area contributed by atoms with Crippen LogP contribution >= 0.6 is 26.8 Å². The minimum absolute atomic E-state index is 0.699. The van der Waals surface area contributed by atoms with Crippen molar-refractivity contribution in [3.8, 4) is 0 Å². The Morgan fingerprint density at radius 1 is 1.33 bits per heavy atom. The molecule has 0 spiro atoms. The molecule has 0 aliphatic heterocycles. The molecule has 1 nitrogen and oxygen atoms in total. The molecule has 0 atom stereocenters. The van der Waals surface area contributed by atoms with Gasteiger partial charge in [-0.05, 0) is 0 Å². The van der Waals surface area contributed by atoms with Gasteiger partial charge in [0.1, 0.15) is 0 Å². The SMILES string of the molecule is COCC[CH2][Sn]([Cl])([Cl])[Cl]. The van der Waals surface area contributed by atoms with Crippen LogP contribution in [0.2, 0.25) is 4.44 Å². The average Bonchev–Trinajstić information content (AvgIpc) is 1.63. The van der Waals surface area contributed by atoms with E-state index >= 15 is 0 Å². The van der Waals surface area contributed by atoms with Crippen molar-refractivity contribution in [3.05, 3.63) is 0 Å². The molecule has 0 aliphatic carbocycles. The Morgan fingerprint density at radius 2 is 1.89 bits per heavy atom. The quantitative estimate of drug-likeness (QED) is 0.573. The van der Waals surface area contributed by atoms with Crippen LogP contribution in [-0.4, -0.2) is 28.7 Å². The monoisotopic (exact) mass is 298 g/mol. The van der Waals surface area contributed by atoms with Crippen LogP contribution in [0.25, 0.3) is 0 Å². The van der Waals surface area contributed by atoms with Crippen LogP contribution in [0.4, 0.5) is 0 Å². The van der Waals surface area contributed by atoms with Gasteiger partial charge in [-0.25, -0.2) is 0 Å². The molecule has 0 aromatic carbocycles. The zero-order chi connectivity index (χ0) is 7.33. The van der Waals surface area contributed by atoms with Crippen LogP contribution in [-0.2, 0) is 4.74 Å². The van der Waals surface area contributed by atoms with Gasteiger partial charge in [0.2, 0.25) is 0 Å². The molecule has 0 radical (unpaired) electrons. The van der Waals surface area contributed by atoms with Crippen LogP contribution in [0, 0.1) is 0 Å². The first kappa shape index (κ1) is 10.6. The molecule has 0 amide bonds. The van der Waals surface area contributed by atoms with Crippen LogP contribution in [0.3, 0.4) is 0 Å². The van der Waals surface area contributed by atoms with Crippen molar-refractivity contribution >= 4 is 41.8 Å². The van der Waals surface area contributed by atoms with Crippen LogP contribution in [0.1, 0.15) is 6.42 Å². The van der Waals surface area contributed by atoms with Crippen molar-refractivity contribution in [3.63, 3.8) is 0 Å². The molecule has 0 heterocycles. The van der Waals surface area contributed by atoms with Gasteiger partial charge < -0.3 is 0 Å². The van der Waals surface area contributed by atoms with E-state index in [0.717, 1.165) is 10.9 Å². The second kappa shape index (κ2) is 5.30. The molecule has 0 saturated heterocycles. The number of hydrogen-bond acceptors (Lipinski definition) is 1. The summed E-state index contributed by atoms with van der Waals surface area (Å²) in [4.78, 5) is 0. The fourth-order valence-electron chi connectivity index (χ4n) is 0.417. The van der Waals surface area contributed by atoms with Crippen molar-refractivity contribution in [1.29, 1.82) is 0 Å². The molecule has 0 N–H and O–H groups in total. The van der Waals surface area contributed by atoms with E-state index in [-0.39, 0.29) is 0 Å². The zero-order valence-electron chi connectivity index (χ0n) is 5.16. The van der Waals surface area contributed by atoms with Crippen LogP contribution < -0.4 is 0 Å². The van der Waals surface area contributed by atoms with E-state index in [0.29, 0.717) is 6.61 Å². The van der Waals surface area contributed by atoms with Crippen LogP contribution in [0.15, 0.2) is 0 Å². The maximum atomic E-state index is 5.65. The Bertz CT molecular complexity index is 72.7. The van der Waals surface area contributed by atoms with Gasteiger partial charge in [0.15, 0.2) is 0 Å². The number of hydrogen-bond donors (Lipinski definition) is 0. The molecule has 9 heavy (non-hydrogen) atoms. The summed E-state index contributed by atoms with van der Waals surface area (Å²) >= 11 is -3.00. The molecule has 0 saturated carbocycles. The maximum absolute atomic E-state index is 5.65. The first-order chi connectivity index (χ1) is 4.06. The van der Waals surface area contributed by atoms with E-state index in [1.165, 1.54) is 0 Å². The van der Waals surface area contributed by atoms with Gasteiger partial charge in [0, 0.05) is 0 Å². The third-order valence-corrected chi connectivity index (χ3v) is 7.24. The van der Waals surface area contributed by atoms with E-state index in [9.17, 15) is 0 Å². The third-order valence-electron chi connectivity index (χ3n) is 0.809. The molecular weight excluding hydrogens is 289 g/mol. The second-order valence-corrected chi connectivity index (χ2v) is 23.5.